The molecule has 0 unspecified atom stereocenters. The molecule has 6 nitrogen and oxygen atoms in total. The summed E-state index contributed by atoms with van der Waals surface area (Å²) in [6.45, 7) is 9.03. The Labute approximate surface area is 271 Å². The van der Waals surface area contributed by atoms with Gasteiger partial charge in [0.15, 0.2) is 0 Å². The van der Waals surface area contributed by atoms with E-state index in [1.165, 1.54) is 116 Å². The molecule has 0 saturated carbocycles. The second-order valence-corrected chi connectivity index (χ2v) is 15.4. The molecule has 0 atom stereocenters. The quantitative estimate of drug-likeness (QED) is 0.0768. The van der Waals surface area contributed by atoms with Crippen LogP contribution in [0.5, 0.6) is 0 Å². The van der Waals surface area contributed by atoms with Crippen molar-refractivity contribution in [2.75, 3.05) is 0 Å². The Morgan fingerprint density at radius 2 is 0.881 bits per heavy atom. The average molecular weight is 700 g/mol. The maximum Gasteiger partial charge on any atom is 0.0919 e. The Morgan fingerprint density at radius 1 is 0.548 bits per heavy atom. The Balaban J connectivity index is -0.000000509. The number of aromatic amines is 1. The van der Waals surface area contributed by atoms with Crippen LogP contribution in [-0.4, -0.2) is 43.0 Å². The zero-order chi connectivity index (χ0) is 31.8. The van der Waals surface area contributed by atoms with Crippen molar-refractivity contribution < 1.29 is 19.8 Å². The van der Waals surface area contributed by atoms with E-state index in [9.17, 15) is 19.8 Å². The fourth-order valence-corrected chi connectivity index (χ4v) is 8.26. The average Bonchev–Trinajstić information content (AvgIpc) is 3.57. The summed E-state index contributed by atoms with van der Waals surface area (Å²) in [6.07, 6.45) is 33.2. The van der Waals surface area contributed by atoms with E-state index < -0.39 is 11.9 Å². The third-order valence-electron chi connectivity index (χ3n) is 6.79. The number of carbonyl (C=O) groups excluding carboxylic acids is 2. The van der Waals surface area contributed by atoms with Gasteiger partial charge in [-0.15, -0.1) is 0 Å². The Bertz CT molecular complexity index is 545. The van der Waals surface area contributed by atoms with Gasteiger partial charge < -0.3 is 24.8 Å². The van der Waals surface area contributed by atoms with E-state index in [2.05, 4.69) is 37.7 Å². The van der Waals surface area contributed by atoms with Gasteiger partial charge >= 0.3 is 69.5 Å². The fraction of sp³-hybridized carbons (Fsp3) is 0.857. The number of aliphatic carboxylic acids is 2. The summed E-state index contributed by atoms with van der Waals surface area (Å²) in [7, 11) is 0. The first-order valence-corrected chi connectivity index (χ1v) is 21.5. The normalized spacial score (nSPS) is 9.81. The van der Waals surface area contributed by atoms with E-state index in [0.717, 1.165) is 25.7 Å². The Kier molecular flexibility index (Phi) is 48.0. The van der Waals surface area contributed by atoms with Crippen LogP contribution in [0.25, 0.3) is 0 Å². The number of hydrogen-bond donors (Lipinski definition) is 1. The summed E-state index contributed by atoms with van der Waals surface area (Å²) < 4.78 is 3.25. The van der Waals surface area contributed by atoms with Crippen LogP contribution in [-0.2, 0) is 9.59 Å². The monoisotopic (exact) mass is 700 g/mol. The maximum absolute atomic E-state index is 10.1. The molecule has 0 aliphatic heterocycles. The molecular formula is C35H68N2O4Sn. The van der Waals surface area contributed by atoms with Crippen molar-refractivity contribution in [2.24, 2.45) is 0 Å². The van der Waals surface area contributed by atoms with E-state index in [4.69, 9.17) is 0 Å². The molecule has 0 radical (unpaired) electrons. The summed E-state index contributed by atoms with van der Waals surface area (Å²) in [5.41, 5.74) is 0. The molecule has 0 aliphatic carbocycles. The predicted octanol–water partition coefficient (Wildman–Crippen LogP) is 8.85. The molecule has 1 aromatic heterocycles. The van der Waals surface area contributed by atoms with Crippen LogP contribution in [0, 0.1) is 0 Å². The zero-order valence-electron chi connectivity index (χ0n) is 28.2. The van der Waals surface area contributed by atoms with Gasteiger partial charge in [-0.3, -0.25) is 0 Å². The van der Waals surface area contributed by atoms with Gasteiger partial charge in [-0.25, -0.2) is 4.98 Å². The Hall–Kier alpha value is -1.05. The van der Waals surface area contributed by atoms with Crippen LogP contribution in [0.2, 0.25) is 8.87 Å². The van der Waals surface area contributed by atoms with Gasteiger partial charge in [0.25, 0.3) is 0 Å². The van der Waals surface area contributed by atoms with Gasteiger partial charge in [0, 0.05) is 24.3 Å². The number of nitrogens with zero attached hydrogens (tertiary/aromatic N) is 1. The summed E-state index contributed by atoms with van der Waals surface area (Å²) in [4.78, 5) is 26.6. The smallest absolute Gasteiger partial charge is 0.0919 e. The molecule has 1 N–H and O–H groups in total. The van der Waals surface area contributed by atoms with Gasteiger partial charge in [0.1, 0.15) is 0 Å². The van der Waals surface area contributed by atoms with Gasteiger partial charge in [0.2, 0.25) is 0 Å². The number of rotatable bonds is 26. The second kappa shape index (κ2) is 44.4. The van der Waals surface area contributed by atoms with E-state index in [0.29, 0.717) is 0 Å². The minimum Gasteiger partial charge on any atom is -0.351 e. The van der Waals surface area contributed by atoms with Crippen LogP contribution < -0.4 is 10.2 Å². The molecule has 0 amide bonds. The topological polar surface area (TPSA) is 109 Å². The summed E-state index contributed by atoms with van der Waals surface area (Å²) >= 11 is 0.149. The van der Waals surface area contributed by atoms with E-state index >= 15 is 0 Å². The maximum atomic E-state index is 10.1. The summed E-state index contributed by atoms with van der Waals surface area (Å²) in [5.74, 6) is -1.82. The first-order valence-electron chi connectivity index (χ1n) is 17.5. The van der Waals surface area contributed by atoms with Crippen LogP contribution in [0.3, 0.4) is 0 Å². The number of hydrogen-bond acceptors (Lipinski definition) is 5. The number of nitrogens with one attached hydrogen (secondary N) is 1. The number of carbonyl (C=O) groups is 2. The molecule has 7 heteroatoms. The second-order valence-electron chi connectivity index (χ2n) is 11.1. The van der Waals surface area contributed by atoms with E-state index in [1.807, 2.05) is 0 Å². The van der Waals surface area contributed by atoms with Crippen molar-refractivity contribution in [3.05, 3.63) is 18.7 Å². The van der Waals surface area contributed by atoms with E-state index in [1.54, 1.807) is 27.6 Å². The largest absolute Gasteiger partial charge is 0.351 e. The van der Waals surface area contributed by atoms with Crippen LogP contribution in [0.15, 0.2) is 18.7 Å². The molecule has 1 rings (SSSR count). The summed E-state index contributed by atoms with van der Waals surface area (Å²) in [5, 5.41) is 20.2. The van der Waals surface area contributed by atoms with Crippen LogP contribution in [0.1, 0.15) is 182 Å². The van der Waals surface area contributed by atoms with Crippen molar-refractivity contribution in [1.29, 1.82) is 0 Å². The molecular weight excluding hydrogens is 631 g/mol. The molecule has 0 aliphatic rings. The number of imidazole rings is 1. The van der Waals surface area contributed by atoms with Crippen LogP contribution >= 0.6 is 0 Å². The molecule has 0 spiro atoms. The number of aromatic nitrogens is 2. The minimum absolute atomic E-state index is 0.149. The predicted molar refractivity (Wildman–Crippen MR) is 177 cm³/mol. The molecule has 246 valence electrons. The molecule has 0 fully saturated rings. The van der Waals surface area contributed by atoms with Crippen molar-refractivity contribution in [1.82, 2.24) is 9.97 Å². The summed E-state index contributed by atoms with van der Waals surface area (Å²) in [6, 6.07) is 0. The van der Waals surface area contributed by atoms with Crippen molar-refractivity contribution in [2.45, 2.75) is 191 Å². The minimum atomic E-state index is -0.909. The van der Waals surface area contributed by atoms with Gasteiger partial charge in [-0.05, 0) is 25.7 Å². The van der Waals surface area contributed by atoms with Gasteiger partial charge in [0.05, 0.1) is 6.33 Å². The first kappa shape index (κ1) is 45.4. The third-order valence-corrected chi connectivity index (χ3v) is 10.8. The standard InChI is InChI=1S/2C12H24O2.2C4H9.C3H4N2.Sn/c2*1-2-3-4-5-6-7-8-9-10-11-12(13)14;2*1-3-4-2;1-2-5-3-4-1;/h2*2-11H2,1H3,(H,13,14);2*1,3-4H2,2H3;1-3H,(H,4,5);/q;;;;;+2/p-2. The molecule has 0 bridgehead atoms. The first-order chi connectivity index (χ1) is 20.5. The zero-order valence-corrected chi connectivity index (χ0v) is 31.1. The van der Waals surface area contributed by atoms with Crippen LogP contribution in [0.4, 0.5) is 0 Å². The SMILES string of the molecule is CCCCCCCCCCCC(=O)[O-].CCCCCCCCCCCC(=O)[O-].CCC[CH2][Sn+2][CH2]CCC.c1c[nH]cn1. The third kappa shape index (κ3) is 55.0. The van der Waals surface area contributed by atoms with Gasteiger partial charge in [-0.1, -0.05) is 117 Å². The molecule has 0 saturated heterocycles. The van der Waals surface area contributed by atoms with Crippen molar-refractivity contribution in [3.8, 4) is 0 Å². The molecule has 1 heterocycles. The van der Waals surface area contributed by atoms with Gasteiger partial charge in [-0.2, -0.15) is 0 Å². The fourth-order valence-electron chi connectivity index (χ4n) is 4.10. The van der Waals surface area contributed by atoms with Crippen molar-refractivity contribution in [3.63, 3.8) is 0 Å². The number of unbranched alkanes of at least 4 members (excludes halogenated alkanes) is 18. The number of carboxylic acid groups (broad SMARTS) is 2. The van der Waals surface area contributed by atoms with Crippen molar-refractivity contribution >= 4 is 33.1 Å². The molecule has 42 heavy (non-hydrogen) atoms. The van der Waals surface area contributed by atoms with E-state index in [-0.39, 0.29) is 34.0 Å². The molecule has 0 aromatic carbocycles. The Morgan fingerprint density at radius 3 is 1.12 bits per heavy atom. The number of H-pyrrole nitrogens is 1. The molecule has 1 aromatic rings. The number of carboxylic acids is 2.